The van der Waals surface area contributed by atoms with Gasteiger partial charge in [0.05, 0.1) is 0 Å². The number of carbonyl (C=O) groups is 3. The van der Waals surface area contributed by atoms with Crippen LogP contribution in [-0.2, 0) is 28.6 Å². The molecule has 0 amide bonds. The van der Waals surface area contributed by atoms with Gasteiger partial charge < -0.3 is 14.2 Å². The summed E-state index contributed by atoms with van der Waals surface area (Å²) < 4.78 is 16.6. The largest absolute Gasteiger partial charge is 0.462 e. The van der Waals surface area contributed by atoms with Crippen molar-refractivity contribution < 1.29 is 28.6 Å². The normalized spacial score (nSPS) is 13.3. The lowest BCUT2D eigenvalue weighted by Gasteiger charge is -2.18. The van der Waals surface area contributed by atoms with Gasteiger partial charge in [-0.15, -0.1) is 0 Å². The second-order valence-electron chi connectivity index (χ2n) is 14.5. The van der Waals surface area contributed by atoms with Gasteiger partial charge in [-0.25, -0.2) is 0 Å². The fraction of sp³-hybridized carbons (Fsp3) is 0.421. The zero-order valence-electron chi connectivity index (χ0n) is 39.0. The van der Waals surface area contributed by atoms with E-state index in [0.29, 0.717) is 19.3 Å². The number of hydrogen-bond acceptors (Lipinski definition) is 6. The molecule has 0 saturated heterocycles. The molecular weight excluding hydrogens is 781 g/mol. The van der Waals surface area contributed by atoms with Gasteiger partial charge in [-0.3, -0.25) is 14.4 Å². The van der Waals surface area contributed by atoms with Crippen LogP contribution in [0.25, 0.3) is 0 Å². The van der Waals surface area contributed by atoms with E-state index in [-0.39, 0.29) is 50.4 Å². The van der Waals surface area contributed by atoms with Crippen molar-refractivity contribution in [1.29, 1.82) is 0 Å². The summed E-state index contributed by atoms with van der Waals surface area (Å²) in [4.78, 5) is 37.9. The summed E-state index contributed by atoms with van der Waals surface area (Å²) in [5, 5.41) is 0. The van der Waals surface area contributed by atoms with Gasteiger partial charge >= 0.3 is 17.9 Å². The highest BCUT2D eigenvalue weighted by Crippen LogP contribution is 2.10. The zero-order valence-corrected chi connectivity index (χ0v) is 39.0. The monoisotopic (exact) mass is 861 g/mol. The average Bonchev–Trinajstić information content (AvgIpc) is 3.28. The van der Waals surface area contributed by atoms with Crippen LogP contribution in [0.2, 0.25) is 0 Å². The van der Waals surface area contributed by atoms with E-state index < -0.39 is 6.10 Å². The molecule has 0 saturated carbocycles. The molecule has 0 atom stereocenters. The molecule has 0 aromatic rings. The lowest BCUT2D eigenvalue weighted by Crippen LogP contribution is -2.30. The van der Waals surface area contributed by atoms with Gasteiger partial charge in [0, 0.05) is 19.3 Å². The Morgan fingerprint density at radius 1 is 0.317 bits per heavy atom. The number of allylic oxidation sites excluding steroid dienone is 30. The molecule has 0 aromatic carbocycles. The molecule has 0 aliphatic rings. The van der Waals surface area contributed by atoms with Gasteiger partial charge in [0.25, 0.3) is 0 Å². The van der Waals surface area contributed by atoms with Crippen molar-refractivity contribution in [2.24, 2.45) is 0 Å². The van der Waals surface area contributed by atoms with Crippen molar-refractivity contribution >= 4 is 17.9 Å². The van der Waals surface area contributed by atoms with Crippen LogP contribution < -0.4 is 0 Å². The van der Waals surface area contributed by atoms with Crippen LogP contribution in [0.15, 0.2) is 182 Å². The smallest absolute Gasteiger partial charge is 0.306 e. The number of esters is 3. The molecule has 0 radical (unpaired) electrons. The fourth-order valence-electron chi connectivity index (χ4n) is 5.33. The minimum absolute atomic E-state index is 0.143. The van der Waals surface area contributed by atoms with E-state index in [2.05, 4.69) is 57.2 Å². The van der Waals surface area contributed by atoms with Gasteiger partial charge in [-0.1, -0.05) is 222 Å². The SMILES string of the molecule is CC\C=C/C=C\C=C/C=C\C=C/CCCCCC(=O)OCC(COC(=O)CCCCC\C=C/C=C\C=C/C=C\C=C/CC)OC(=O)CCCCC\C=C/C=C\C=C/C=C\C=C/CC. The first-order chi connectivity index (χ1) is 31.0. The summed E-state index contributed by atoms with van der Waals surface area (Å²) >= 11 is 0. The standard InChI is InChI=1S/C57H80O6/c1-4-7-10-13-16-19-22-25-28-31-34-37-40-43-46-49-55(58)61-52-54(63-57(60)51-48-45-42-39-36-33-30-27-24-21-18-15-12-9-6-3)53-62-56(59)50-47-44-41-38-35-32-29-26-23-20-17-14-11-8-5-2/h7-36,54H,4-6,37-53H2,1-3H3/b10-7-,11-8-,12-9-,16-13-,17-14-,18-15-,22-19-,23-20-,24-21-,28-25-,29-26-,30-27-,34-31-,35-32-,36-33-. The van der Waals surface area contributed by atoms with Crippen LogP contribution in [0.1, 0.15) is 136 Å². The van der Waals surface area contributed by atoms with Crippen molar-refractivity contribution in [3.8, 4) is 0 Å². The highest BCUT2D eigenvalue weighted by molar-refractivity contribution is 5.71. The van der Waals surface area contributed by atoms with Gasteiger partial charge in [0.1, 0.15) is 13.2 Å². The Labute approximate surface area is 383 Å². The van der Waals surface area contributed by atoms with Crippen molar-refractivity contribution in [3.05, 3.63) is 182 Å². The average molecular weight is 861 g/mol. The summed E-state index contributed by atoms with van der Waals surface area (Å²) in [6, 6.07) is 0. The lowest BCUT2D eigenvalue weighted by atomic mass is 10.1. The maximum Gasteiger partial charge on any atom is 0.306 e. The quantitative estimate of drug-likeness (QED) is 0.0266. The van der Waals surface area contributed by atoms with Crippen LogP contribution in [0.5, 0.6) is 0 Å². The van der Waals surface area contributed by atoms with Crippen LogP contribution in [0, 0.1) is 0 Å². The molecule has 344 valence electrons. The molecule has 0 aromatic heterocycles. The minimum atomic E-state index is -0.846. The van der Waals surface area contributed by atoms with Gasteiger partial charge in [-0.2, -0.15) is 0 Å². The predicted octanol–water partition coefficient (Wildman–Crippen LogP) is 15.4. The third-order valence-electron chi connectivity index (χ3n) is 8.77. The molecule has 0 aliphatic heterocycles. The molecule has 0 bridgehead atoms. The number of ether oxygens (including phenoxy) is 3. The number of carbonyl (C=O) groups excluding carboxylic acids is 3. The van der Waals surface area contributed by atoms with E-state index >= 15 is 0 Å². The molecule has 6 heteroatoms. The van der Waals surface area contributed by atoms with Gasteiger partial charge in [0.15, 0.2) is 6.10 Å². The number of rotatable bonds is 38. The van der Waals surface area contributed by atoms with Crippen LogP contribution >= 0.6 is 0 Å². The van der Waals surface area contributed by atoms with E-state index in [1.165, 1.54) is 0 Å². The van der Waals surface area contributed by atoms with E-state index in [4.69, 9.17) is 14.2 Å². The molecule has 0 heterocycles. The van der Waals surface area contributed by atoms with Crippen molar-refractivity contribution in [3.63, 3.8) is 0 Å². The summed E-state index contributed by atoms with van der Waals surface area (Å²) in [7, 11) is 0. The second-order valence-corrected chi connectivity index (χ2v) is 14.5. The first kappa shape index (κ1) is 57.5. The fourth-order valence-corrected chi connectivity index (χ4v) is 5.33. The van der Waals surface area contributed by atoms with E-state index in [9.17, 15) is 14.4 Å². The van der Waals surface area contributed by atoms with Crippen LogP contribution in [0.3, 0.4) is 0 Å². The number of hydrogen-bond donors (Lipinski definition) is 0. The zero-order chi connectivity index (χ0) is 45.8. The molecule has 0 N–H and O–H groups in total. The summed E-state index contributed by atoms with van der Waals surface area (Å²) in [5.74, 6) is -1.09. The Kier molecular flexibility index (Phi) is 44.9. The summed E-state index contributed by atoms with van der Waals surface area (Å²) in [6.45, 7) is 6.04. The molecular formula is C57H80O6. The molecule has 0 aliphatic carbocycles. The van der Waals surface area contributed by atoms with Gasteiger partial charge in [-0.05, 0) is 77.0 Å². The predicted molar refractivity (Wildman–Crippen MR) is 269 cm³/mol. The van der Waals surface area contributed by atoms with Crippen molar-refractivity contribution in [2.45, 2.75) is 142 Å². The second kappa shape index (κ2) is 49.2. The molecule has 0 spiro atoms. The molecule has 0 unspecified atom stereocenters. The first-order valence-electron chi connectivity index (χ1n) is 23.5. The van der Waals surface area contributed by atoms with Gasteiger partial charge in [0.2, 0.25) is 0 Å². The minimum Gasteiger partial charge on any atom is -0.462 e. The maximum atomic E-state index is 12.8. The molecule has 63 heavy (non-hydrogen) atoms. The van der Waals surface area contributed by atoms with E-state index in [1.54, 1.807) is 0 Å². The Hall–Kier alpha value is -5.49. The third kappa shape index (κ3) is 47.4. The van der Waals surface area contributed by atoms with Crippen molar-refractivity contribution in [1.82, 2.24) is 0 Å². The Balaban J connectivity index is 4.70. The first-order valence-corrected chi connectivity index (χ1v) is 23.5. The summed E-state index contributed by atoms with van der Waals surface area (Å²) in [6.07, 6.45) is 74.4. The van der Waals surface area contributed by atoms with Crippen LogP contribution in [-0.4, -0.2) is 37.2 Å². The lowest BCUT2D eigenvalue weighted by molar-refractivity contribution is -0.167. The molecule has 6 nitrogen and oxygen atoms in total. The Morgan fingerprint density at radius 3 is 0.857 bits per heavy atom. The highest BCUT2D eigenvalue weighted by Gasteiger charge is 2.19. The third-order valence-corrected chi connectivity index (χ3v) is 8.77. The van der Waals surface area contributed by atoms with Crippen molar-refractivity contribution in [2.75, 3.05) is 13.2 Å². The van der Waals surface area contributed by atoms with E-state index in [0.717, 1.165) is 77.0 Å². The summed E-state index contributed by atoms with van der Waals surface area (Å²) in [5.41, 5.74) is 0. The highest BCUT2D eigenvalue weighted by atomic mass is 16.6. The topological polar surface area (TPSA) is 78.9 Å². The molecule has 0 fully saturated rings. The Bertz CT molecular complexity index is 1520. The maximum absolute atomic E-state index is 12.8. The Morgan fingerprint density at radius 2 is 0.571 bits per heavy atom. The number of unbranched alkanes of at least 4 members (excludes halogenated alkanes) is 9. The molecule has 0 rings (SSSR count). The van der Waals surface area contributed by atoms with E-state index in [1.807, 2.05) is 146 Å². The van der Waals surface area contributed by atoms with Crippen LogP contribution in [0.4, 0.5) is 0 Å².